The Kier molecular flexibility index (Phi) is 5.08. The number of para-hydroxylation sites is 1. The van der Waals surface area contributed by atoms with Gasteiger partial charge in [-0.05, 0) is 25.0 Å². The van der Waals surface area contributed by atoms with Gasteiger partial charge in [0.15, 0.2) is 5.82 Å². The van der Waals surface area contributed by atoms with Crippen LogP contribution in [0.3, 0.4) is 0 Å². The van der Waals surface area contributed by atoms with Crippen LogP contribution in [0.25, 0.3) is 5.69 Å². The van der Waals surface area contributed by atoms with Gasteiger partial charge in [0, 0.05) is 43.6 Å². The second-order valence-electron chi connectivity index (χ2n) is 6.72. The van der Waals surface area contributed by atoms with E-state index in [1.54, 1.807) is 6.33 Å². The van der Waals surface area contributed by atoms with Gasteiger partial charge in [0.05, 0.1) is 18.8 Å². The van der Waals surface area contributed by atoms with Gasteiger partial charge in [0.2, 0.25) is 0 Å². The third-order valence-electron chi connectivity index (χ3n) is 4.84. The van der Waals surface area contributed by atoms with Gasteiger partial charge in [-0.2, -0.15) is 5.10 Å². The molecule has 0 unspecified atom stereocenters. The van der Waals surface area contributed by atoms with E-state index in [-0.39, 0.29) is 6.10 Å². The zero-order valence-electron chi connectivity index (χ0n) is 15.0. The Morgan fingerprint density at radius 3 is 2.96 bits per heavy atom. The van der Waals surface area contributed by atoms with Crippen LogP contribution < -0.4 is 5.32 Å². The largest absolute Gasteiger partial charge is 0.373 e. The summed E-state index contributed by atoms with van der Waals surface area (Å²) in [6, 6.07) is 10.2. The molecule has 0 saturated carbocycles. The number of aryl methyl sites for hydroxylation is 1. The Labute approximate surface area is 153 Å². The van der Waals surface area contributed by atoms with E-state index in [9.17, 15) is 0 Å². The molecule has 1 aliphatic heterocycles. The normalized spacial score (nSPS) is 20.3. The predicted octanol–water partition coefficient (Wildman–Crippen LogP) is 2.26. The first-order valence-corrected chi connectivity index (χ1v) is 9.06. The lowest BCUT2D eigenvalue weighted by Gasteiger charge is -2.31. The molecule has 1 saturated heterocycles. The second kappa shape index (κ2) is 7.80. The number of rotatable bonds is 6. The lowest BCUT2D eigenvalue weighted by Crippen LogP contribution is -2.32. The quantitative estimate of drug-likeness (QED) is 0.737. The molecular formula is C19H24N6O. The molecule has 0 amide bonds. The number of ether oxygens (including phenoxy) is 1. The van der Waals surface area contributed by atoms with Crippen molar-refractivity contribution in [2.75, 3.05) is 13.2 Å². The smallest absolute Gasteiger partial charge is 0.151 e. The van der Waals surface area contributed by atoms with Crippen molar-refractivity contribution in [2.24, 2.45) is 13.0 Å². The van der Waals surface area contributed by atoms with Crippen LogP contribution in [0.4, 0.5) is 0 Å². The van der Waals surface area contributed by atoms with Crippen LogP contribution in [-0.2, 0) is 18.3 Å². The van der Waals surface area contributed by atoms with E-state index in [0.29, 0.717) is 12.5 Å². The minimum absolute atomic E-state index is 0.108. The fourth-order valence-corrected chi connectivity index (χ4v) is 3.56. The standard InChI is InChI=1S/C19H24N6O/c1-24-13-16(11-22-24)19-15(6-5-9-26-19)10-20-12-18-23-21-14-25(18)17-7-3-2-4-8-17/h2-4,7-8,11,13-15,19-20H,5-6,9-10,12H2,1H3/t15-,19+/m0/s1. The second-order valence-corrected chi connectivity index (χ2v) is 6.72. The van der Waals surface area contributed by atoms with Crippen LogP contribution in [0.1, 0.15) is 30.3 Å². The summed E-state index contributed by atoms with van der Waals surface area (Å²) in [5, 5.41) is 16.2. The maximum absolute atomic E-state index is 6.04. The molecule has 136 valence electrons. The molecule has 0 aliphatic carbocycles. The van der Waals surface area contributed by atoms with Crippen molar-refractivity contribution in [3.8, 4) is 5.69 Å². The number of nitrogens with one attached hydrogen (secondary N) is 1. The van der Waals surface area contributed by atoms with E-state index < -0.39 is 0 Å². The van der Waals surface area contributed by atoms with Gasteiger partial charge in [-0.1, -0.05) is 18.2 Å². The first-order chi connectivity index (χ1) is 12.8. The van der Waals surface area contributed by atoms with Crippen LogP contribution in [-0.4, -0.2) is 37.7 Å². The SMILES string of the molecule is Cn1cc([C@@H]2OCCC[C@H]2CNCc2nncn2-c2ccccc2)cn1. The van der Waals surface area contributed by atoms with Gasteiger partial charge in [0.25, 0.3) is 0 Å². The average molecular weight is 352 g/mol. The van der Waals surface area contributed by atoms with Crippen molar-refractivity contribution in [3.05, 3.63) is 60.4 Å². The Morgan fingerprint density at radius 1 is 1.27 bits per heavy atom. The van der Waals surface area contributed by atoms with Crippen molar-refractivity contribution in [1.29, 1.82) is 0 Å². The molecule has 0 spiro atoms. The van der Waals surface area contributed by atoms with Crippen molar-refractivity contribution < 1.29 is 4.74 Å². The molecule has 1 aliphatic rings. The van der Waals surface area contributed by atoms with E-state index in [4.69, 9.17) is 4.74 Å². The van der Waals surface area contributed by atoms with Crippen LogP contribution in [0.2, 0.25) is 0 Å². The first kappa shape index (κ1) is 16.9. The lowest BCUT2D eigenvalue weighted by molar-refractivity contribution is -0.0279. The van der Waals surface area contributed by atoms with E-state index >= 15 is 0 Å². The zero-order chi connectivity index (χ0) is 17.8. The van der Waals surface area contributed by atoms with Gasteiger partial charge < -0.3 is 10.1 Å². The van der Waals surface area contributed by atoms with Crippen LogP contribution in [0, 0.1) is 5.92 Å². The summed E-state index contributed by atoms with van der Waals surface area (Å²) in [5.41, 5.74) is 2.23. The summed E-state index contributed by atoms with van der Waals surface area (Å²) in [6.45, 7) is 2.37. The molecule has 26 heavy (non-hydrogen) atoms. The fourth-order valence-electron chi connectivity index (χ4n) is 3.56. The Morgan fingerprint density at radius 2 is 2.15 bits per heavy atom. The summed E-state index contributed by atoms with van der Waals surface area (Å²) in [4.78, 5) is 0. The first-order valence-electron chi connectivity index (χ1n) is 9.06. The van der Waals surface area contributed by atoms with Crippen LogP contribution >= 0.6 is 0 Å². The van der Waals surface area contributed by atoms with Gasteiger partial charge >= 0.3 is 0 Å². The molecule has 4 rings (SSSR count). The summed E-state index contributed by atoms with van der Waals surface area (Å²) < 4.78 is 9.89. The van der Waals surface area contributed by atoms with Crippen molar-refractivity contribution in [3.63, 3.8) is 0 Å². The molecule has 3 heterocycles. The van der Waals surface area contributed by atoms with Gasteiger partial charge in [-0.25, -0.2) is 0 Å². The Hall–Kier alpha value is -2.51. The van der Waals surface area contributed by atoms with Gasteiger partial charge in [-0.3, -0.25) is 9.25 Å². The molecule has 1 N–H and O–H groups in total. The number of nitrogens with zero attached hydrogens (tertiary/aromatic N) is 5. The van der Waals surface area contributed by atoms with Crippen LogP contribution in [0.5, 0.6) is 0 Å². The van der Waals surface area contributed by atoms with Crippen molar-refractivity contribution >= 4 is 0 Å². The van der Waals surface area contributed by atoms with Crippen LogP contribution in [0.15, 0.2) is 49.1 Å². The molecule has 2 atom stereocenters. The number of hydrogen-bond donors (Lipinski definition) is 1. The highest BCUT2D eigenvalue weighted by Crippen LogP contribution is 2.32. The van der Waals surface area contributed by atoms with E-state index in [2.05, 4.69) is 38.9 Å². The van der Waals surface area contributed by atoms with E-state index in [0.717, 1.165) is 43.1 Å². The molecule has 7 heteroatoms. The molecule has 2 aromatic heterocycles. The van der Waals surface area contributed by atoms with Gasteiger partial charge in [-0.15, -0.1) is 10.2 Å². The van der Waals surface area contributed by atoms with Gasteiger partial charge in [0.1, 0.15) is 6.33 Å². The monoisotopic (exact) mass is 352 g/mol. The fraction of sp³-hybridized carbons (Fsp3) is 0.421. The average Bonchev–Trinajstić information content (AvgIpc) is 3.32. The van der Waals surface area contributed by atoms with E-state index in [1.807, 2.05) is 40.7 Å². The summed E-state index contributed by atoms with van der Waals surface area (Å²) >= 11 is 0. The molecule has 1 aromatic carbocycles. The molecule has 0 radical (unpaired) electrons. The third kappa shape index (κ3) is 3.68. The van der Waals surface area contributed by atoms with Crippen molar-refractivity contribution in [2.45, 2.75) is 25.5 Å². The molecule has 1 fully saturated rings. The minimum Gasteiger partial charge on any atom is -0.373 e. The topological polar surface area (TPSA) is 69.8 Å². The highest BCUT2D eigenvalue weighted by atomic mass is 16.5. The lowest BCUT2D eigenvalue weighted by atomic mass is 9.91. The highest BCUT2D eigenvalue weighted by Gasteiger charge is 2.28. The number of hydrogen-bond acceptors (Lipinski definition) is 5. The maximum atomic E-state index is 6.04. The summed E-state index contributed by atoms with van der Waals surface area (Å²) in [7, 11) is 1.94. The Balaban J connectivity index is 1.39. The summed E-state index contributed by atoms with van der Waals surface area (Å²) in [6.07, 6.45) is 8.08. The third-order valence-corrected chi connectivity index (χ3v) is 4.84. The zero-order valence-corrected chi connectivity index (χ0v) is 15.0. The van der Waals surface area contributed by atoms with E-state index in [1.165, 1.54) is 0 Å². The molecular weight excluding hydrogens is 328 g/mol. The summed E-state index contributed by atoms with van der Waals surface area (Å²) in [5.74, 6) is 1.34. The molecule has 3 aromatic rings. The maximum Gasteiger partial charge on any atom is 0.151 e. The molecule has 7 nitrogen and oxygen atoms in total. The predicted molar refractivity (Wildman–Crippen MR) is 97.7 cm³/mol. The number of aromatic nitrogens is 5. The van der Waals surface area contributed by atoms with Crippen molar-refractivity contribution in [1.82, 2.24) is 29.9 Å². The number of benzene rings is 1. The minimum atomic E-state index is 0.108. The molecule has 0 bridgehead atoms. The highest BCUT2D eigenvalue weighted by molar-refractivity contribution is 5.31. The Bertz CT molecular complexity index is 827.